The minimum absolute atomic E-state index is 0.0891. The maximum absolute atomic E-state index is 12.0. The van der Waals surface area contributed by atoms with Crippen LogP contribution in [-0.4, -0.2) is 23.0 Å². The van der Waals surface area contributed by atoms with E-state index < -0.39 is 0 Å². The van der Waals surface area contributed by atoms with Crippen molar-refractivity contribution in [2.24, 2.45) is 0 Å². The van der Waals surface area contributed by atoms with Crippen LogP contribution in [0.25, 0.3) is 10.9 Å². The fourth-order valence-corrected chi connectivity index (χ4v) is 1.87. The lowest BCUT2D eigenvalue weighted by Gasteiger charge is -2.18. The molecule has 19 heavy (non-hydrogen) atoms. The monoisotopic (exact) mass is 257 g/mol. The van der Waals surface area contributed by atoms with Crippen molar-refractivity contribution in [1.29, 1.82) is 0 Å². The van der Waals surface area contributed by atoms with E-state index in [-0.39, 0.29) is 18.0 Å². The van der Waals surface area contributed by atoms with Crippen molar-refractivity contribution in [2.75, 3.05) is 6.61 Å². The number of carbonyl (C=O) groups is 1. The Morgan fingerprint density at radius 3 is 2.68 bits per heavy atom. The van der Waals surface area contributed by atoms with Crippen molar-refractivity contribution in [3.05, 3.63) is 42.1 Å². The molecule has 0 aliphatic rings. The predicted molar refractivity (Wildman–Crippen MR) is 76.2 cm³/mol. The summed E-state index contributed by atoms with van der Waals surface area (Å²) in [7, 11) is 0. The van der Waals surface area contributed by atoms with Crippen LogP contribution in [0.5, 0.6) is 0 Å². The van der Waals surface area contributed by atoms with Crippen LogP contribution >= 0.6 is 0 Å². The van der Waals surface area contributed by atoms with Gasteiger partial charge in [-0.3, -0.25) is 9.78 Å². The molecule has 0 unspecified atom stereocenters. The molecule has 1 aromatic carbocycles. The highest BCUT2D eigenvalue weighted by atomic mass is 16.5. The van der Waals surface area contributed by atoms with Crippen LogP contribution in [0.1, 0.15) is 26.3 Å². The topological polar surface area (TPSA) is 39.2 Å². The number of aromatic nitrogens is 1. The highest BCUT2D eigenvalue weighted by Gasteiger charge is 2.14. The Bertz CT molecular complexity index is 579. The third-order valence-electron chi connectivity index (χ3n) is 2.79. The quantitative estimate of drug-likeness (QED) is 0.844. The van der Waals surface area contributed by atoms with Crippen LogP contribution in [0.15, 0.2) is 36.5 Å². The minimum atomic E-state index is -0.282. The van der Waals surface area contributed by atoms with Crippen molar-refractivity contribution in [2.45, 2.75) is 32.8 Å². The first-order valence-corrected chi connectivity index (χ1v) is 6.44. The molecule has 1 heterocycles. The molecule has 0 fully saturated rings. The number of ether oxygens (including phenoxy) is 1. The van der Waals surface area contributed by atoms with Crippen molar-refractivity contribution in [3.8, 4) is 0 Å². The van der Waals surface area contributed by atoms with Gasteiger partial charge < -0.3 is 4.74 Å². The maximum Gasteiger partial charge on any atom is 0.162 e. The summed E-state index contributed by atoms with van der Waals surface area (Å²) in [4.78, 5) is 16.2. The zero-order valence-corrected chi connectivity index (χ0v) is 11.6. The molecule has 1 aromatic heterocycles. The Morgan fingerprint density at radius 1 is 1.21 bits per heavy atom. The SMILES string of the molecule is CC(C)(C)OCC(=O)Cc1ccnc2ccccc12. The van der Waals surface area contributed by atoms with E-state index in [0.717, 1.165) is 16.5 Å². The van der Waals surface area contributed by atoms with Gasteiger partial charge in [0, 0.05) is 18.0 Å². The zero-order valence-electron chi connectivity index (χ0n) is 11.6. The average molecular weight is 257 g/mol. The average Bonchev–Trinajstić information content (AvgIpc) is 2.36. The van der Waals surface area contributed by atoms with Crippen molar-refractivity contribution < 1.29 is 9.53 Å². The van der Waals surface area contributed by atoms with Crippen LogP contribution in [0.4, 0.5) is 0 Å². The van der Waals surface area contributed by atoms with E-state index in [1.807, 2.05) is 51.1 Å². The van der Waals surface area contributed by atoms with Crippen molar-refractivity contribution in [1.82, 2.24) is 4.98 Å². The Labute approximate surface area is 113 Å². The number of benzene rings is 1. The van der Waals surface area contributed by atoms with E-state index in [4.69, 9.17) is 4.74 Å². The summed E-state index contributed by atoms with van der Waals surface area (Å²) in [5.41, 5.74) is 1.65. The number of hydrogen-bond donors (Lipinski definition) is 0. The van der Waals surface area contributed by atoms with Crippen molar-refractivity contribution in [3.63, 3.8) is 0 Å². The Balaban J connectivity index is 2.11. The molecule has 100 valence electrons. The largest absolute Gasteiger partial charge is 0.368 e. The number of carbonyl (C=O) groups excluding carboxylic acids is 1. The van der Waals surface area contributed by atoms with Gasteiger partial charge in [0.2, 0.25) is 0 Å². The molecule has 2 rings (SSSR count). The third kappa shape index (κ3) is 3.86. The van der Waals surface area contributed by atoms with E-state index in [2.05, 4.69) is 4.98 Å². The van der Waals surface area contributed by atoms with Gasteiger partial charge >= 0.3 is 0 Å². The number of ketones is 1. The fourth-order valence-electron chi connectivity index (χ4n) is 1.87. The first-order valence-electron chi connectivity index (χ1n) is 6.44. The molecule has 0 amide bonds. The second-order valence-electron chi connectivity index (χ2n) is 5.60. The minimum Gasteiger partial charge on any atom is -0.368 e. The summed E-state index contributed by atoms with van der Waals surface area (Å²) in [5.74, 6) is 0.0891. The van der Waals surface area contributed by atoms with Crippen LogP contribution in [-0.2, 0) is 16.0 Å². The Morgan fingerprint density at radius 2 is 1.95 bits per heavy atom. The number of fused-ring (bicyclic) bond motifs is 1. The summed E-state index contributed by atoms with van der Waals surface area (Å²) in [6, 6.07) is 9.76. The van der Waals surface area contributed by atoms with Gasteiger partial charge in [-0.25, -0.2) is 0 Å². The summed E-state index contributed by atoms with van der Waals surface area (Å²) < 4.78 is 5.51. The van der Waals surface area contributed by atoms with E-state index in [1.165, 1.54) is 0 Å². The Kier molecular flexibility index (Phi) is 3.96. The lowest BCUT2D eigenvalue weighted by atomic mass is 10.0. The van der Waals surface area contributed by atoms with Crippen LogP contribution in [0, 0.1) is 0 Å². The molecule has 0 atom stereocenters. The van der Waals surface area contributed by atoms with E-state index in [1.54, 1.807) is 6.20 Å². The highest BCUT2D eigenvalue weighted by Crippen LogP contribution is 2.17. The predicted octanol–water partition coefficient (Wildman–Crippen LogP) is 3.16. The molecule has 3 heteroatoms. The fraction of sp³-hybridized carbons (Fsp3) is 0.375. The van der Waals surface area contributed by atoms with Gasteiger partial charge in [-0.05, 0) is 38.5 Å². The molecule has 0 saturated carbocycles. The zero-order chi connectivity index (χ0) is 13.9. The first kappa shape index (κ1) is 13.7. The molecule has 0 radical (unpaired) electrons. The second kappa shape index (κ2) is 5.49. The lowest BCUT2D eigenvalue weighted by Crippen LogP contribution is -2.24. The smallest absolute Gasteiger partial charge is 0.162 e. The Hall–Kier alpha value is -1.74. The van der Waals surface area contributed by atoms with Gasteiger partial charge in [0.1, 0.15) is 6.61 Å². The third-order valence-corrected chi connectivity index (χ3v) is 2.79. The number of pyridine rings is 1. The van der Waals surface area contributed by atoms with Gasteiger partial charge in [-0.1, -0.05) is 18.2 Å². The molecule has 0 N–H and O–H groups in total. The number of Topliss-reactive ketones (excluding diaryl/α,β-unsaturated/α-hetero) is 1. The second-order valence-corrected chi connectivity index (χ2v) is 5.60. The molecule has 0 aliphatic heterocycles. The molecule has 0 spiro atoms. The van der Waals surface area contributed by atoms with E-state index in [0.29, 0.717) is 6.42 Å². The molecule has 3 nitrogen and oxygen atoms in total. The summed E-state index contributed by atoms with van der Waals surface area (Å²) >= 11 is 0. The van der Waals surface area contributed by atoms with Gasteiger partial charge in [0.15, 0.2) is 5.78 Å². The van der Waals surface area contributed by atoms with E-state index in [9.17, 15) is 4.79 Å². The molecule has 0 aliphatic carbocycles. The normalized spacial score (nSPS) is 11.7. The van der Waals surface area contributed by atoms with Crippen LogP contribution in [0.2, 0.25) is 0 Å². The summed E-state index contributed by atoms with van der Waals surface area (Å²) in [5, 5.41) is 1.04. The number of para-hydroxylation sites is 1. The molecular formula is C16H19NO2. The molecule has 0 saturated heterocycles. The standard InChI is InChI=1S/C16H19NO2/c1-16(2,3)19-11-13(18)10-12-8-9-17-15-7-5-4-6-14(12)15/h4-9H,10-11H2,1-3H3. The highest BCUT2D eigenvalue weighted by molar-refractivity contribution is 5.89. The molecule has 2 aromatic rings. The van der Waals surface area contributed by atoms with Gasteiger partial charge in [0.05, 0.1) is 11.1 Å². The number of hydrogen-bond acceptors (Lipinski definition) is 3. The maximum atomic E-state index is 12.0. The lowest BCUT2D eigenvalue weighted by molar-refractivity contribution is -0.127. The number of nitrogens with zero attached hydrogens (tertiary/aromatic N) is 1. The van der Waals surface area contributed by atoms with Gasteiger partial charge in [0.25, 0.3) is 0 Å². The first-order chi connectivity index (χ1) is 8.96. The van der Waals surface area contributed by atoms with Gasteiger partial charge in [-0.15, -0.1) is 0 Å². The molecule has 0 bridgehead atoms. The summed E-state index contributed by atoms with van der Waals surface area (Å²) in [6.07, 6.45) is 2.13. The number of rotatable bonds is 4. The molecular weight excluding hydrogens is 238 g/mol. The van der Waals surface area contributed by atoms with Crippen LogP contribution in [0.3, 0.4) is 0 Å². The van der Waals surface area contributed by atoms with Gasteiger partial charge in [-0.2, -0.15) is 0 Å². The van der Waals surface area contributed by atoms with E-state index >= 15 is 0 Å². The van der Waals surface area contributed by atoms with Crippen molar-refractivity contribution >= 4 is 16.7 Å². The summed E-state index contributed by atoms with van der Waals surface area (Å²) in [6.45, 7) is 5.99. The van der Waals surface area contributed by atoms with Crippen LogP contribution < -0.4 is 0 Å².